The van der Waals surface area contributed by atoms with E-state index in [2.05, 4.69) is 10.1 Å². The smallest absolute Gasteiger partial charge is 0.303 e. The minimum absolute atomic E-state index is 0.0415. The summed E-state index contributed by atoms with van der Waals surface area (Å²) in [6.07, 6.45) is 3.67. The van der Waals surface area contributed by atoms with E-state index in [0.717, 1.165) is 6.42 Å². The molecule has 2 heterocycles. The van der Waals surface area contributed by atoms with E-state index in [-0.39, 0.29) is 6.42 Å². The van der Waals surface area contributed by atoms with Gasteiger partial charge in [-0.1, -0.05) is 5.16 Å². The molecule has 1 N–H and O–H groups in total. The van der Waals surface area contributed by atoms with Crippen LogP contribution in [-0.4, -0.2) is 32.2 Å². The molecular weight excluding hydrogens is 228 g/mol. The van der Waals surface area contributed by atoms with Crippen molar-refractivity contribution in [3.63, 3.8) is 0 Å². The number of aliphatic carboxylic acids is 1. The van der Waals surface area contributed by atoms with Crippen LogP contribution in [0.2, 0.25) is 0 Å². The summed E-state index contributed by atoms with van der Waals surface area (Å²) in [5.74, 6) is 1.51. The number of rotatable bonds is 5. The number of thioether (sulfide) groups is 1. The Hall–Kier alpha value is -1.04. The van der Waals surface area contributed by atoms with Gasteiger partial charge in [-0.3, -0.25) is 4.79 Å². The second-order valence-corrected chi connectivity index (χ2v) is 5.25. The van der Waals surface area contributed by atoms with Crippen LogP contribution in [0, 0.1) is 0 Å². The molecule has 1 aliphatic rings. The Kier molecular flexibility index (Phi) is 3.82. The maximum atomic E-state index is 10.4. The fraction of sp³-hybridized carbons (Fsp3) is 0.700. The van der Waals surface area contributed by atoms with Gasteiger partial charge in [0, 0.05) is 18.1 Å². The fourth-order valence-electron chi connectivity index (χ4n) is 1.70. The molecule has 16 heavy (non-hydrogen) atoms. The highest BCUT2D eigenvalue weighted by molar-refractivity contribution is 8.00. The van der Waals surface area contributed by atoms with Crippen molar-refractivity contribution < 1.29 is 14.4 Å². The molecule has 2 rings (SSSR count). The van der Waals surface area contributed by atoms with E-state index in [1.54, 1.807) is 0 Å². The summed E-state index contributed by atoms with van der Waals surface area (Å²) in [7, 11) is 0. The summed E-state index contributed by atoms with van der Waals surface area (Å²) < 4.78 is 4.99. The Morgan fingerprint density at radius 2 is 2.50 bits per heavy atom. The standard InChI is InChI=1S/C10H14N2O3S/c13-10(14)4-3-9-11-8(12-15-9)6-7-2-1-5-16-7/h7H,1-6H2,(H,13,14). The Bertz CT molecular complexity index is 361. The number of carboxylic acid groups (broad SMARTS) is 1. The van der Waals surface area contributed by atoms with Crippen LogP contribution in [0.3, 0.4) is 0 Å². The van der Waals surface area contributed by atoms with Crippen LogP contribution in [0.1, 0.15) is 31.0 Å². The minimum Gasteiger partial charge on any atom is -0.481 e. The van der Waals surface area contributed by atoms with Crippen molar-refractivity contribution in [1.29, 1.82) is 0 Å². The molecule has 88 valence electrons. The van der Waals surface area contributed by atoms with E-state index >= 15 is 0 Å². The fourth-order valence-corrected chi connectivity index (χ4v) is 2.96. The Balaban J connectivity index is 1.84. The first kappa shape index (κ1) is 11.4. The maximum absolute atomic E-state index is 10.4. The van der Waals surface area contributed by atoms with Crippen molar-refractivity contribution in [2.24, 2.45) is 0 Å². The molecule has 1 saturated heterocycles. The van der Waals surface area contributed by atoms with E-state index in [0.29, 0.717) is 23.4 Å². The van der Waals surface area contributed by atoms with Gasteiger partial charge in [0.25, 0.3) is 0 Å². The molecule has 0 radical (unpaired) electrons. The topological polar surface area (TPSA) is 76.2 Å². The molecule has 1 aromatic rings. The van der Waals surface area contributed by atoms with Gasteiger partial charge in [0.15, 0.2) is 5.82 Å². The lowest BCUT2D eigenvalue weighted by Gasteiger charge is -2.02. The molecule has 1 aromatic heterocycles. The highest BCUT2D eigenvalue weighted by atomic mass is 32.2. The third-order valence-corrected chi connectivity index (χ3v) is 3.90. The summed E-state index contributed by atoms with van der Waals surface area (Å²) in [4.78, 5) is 14.6. The maximum Gasteiger partial charge on any atom is 0.303 e. The number of hydrogen-bond acceptors (Lipinski definition) is 5. The van der Waals surface area contributed by atoms with Crippen molar-refractivity contribution in [2.45, 2.75) is 37.4 Å². The lowest BCUT2D eigenvalue weighted by atomic mass is 10.2. The van der Waals surface area contributed by atoms with Gasteiger partial charge in [-0.25, -0.2) is 0 Å². The molecule has 0 spiro atoms. The van der Waals surface area contributed by atoms with E-state index in [1.165, 1.54) is 18.6 Å². The van der Waals surface area contributed by atoms with Gasteiger partial charge in [0.1, 0.15) is 0 Å². The van der Waals surface area contributed by atoms with E-state index in [1.807, 2.05) is 11.8 Å². The Labute approximate surface area is 97.6 Å². The molecule has 6 heteroatoms. The average molecular weight is 242 g/mol. The van der Waals surface area contributed by atoms with Gasteiger partial charge in [-0.15, -0.1) is 0 Å². The molecule has 0 bridgehead atoms. The predicted octanol–water partition coefficient (Wildman–Crippen LogP) is 1.52. The summed E-state index contributed by atoms with van der Waals surface area (Å²) in [6, 6.07) is 0. The number of hydrogen-bond donors (Lipinski definition) is 1. The zero-order chi connectivity index (χ0) is 11.4. The van der Waals surface area contributed by atoms with Gasteiger partial charge in [0.05, 0.1) is 6.42 Å². The summed E-state index contributed by atoms with van der Waals surface area (Å²) in [6.45, 7) is 0. The molecule has 1 atom stereocenters. The molecule has 1 aliphatic heterocycles. The highest BCUT2D eigenvalue weighted by Crippen LogP contribution is 2.28. The normalized spacial score (nSPS) is 20.1. The Morgan fingerprint density at radius 1 is 1.62 bits per heavy atom. The zero-order valence-electron chi connectivity index (χ0n) is 8.89. The zero-order valence-corrected chi connectivity index (χ0v) is 9.70. The summed E-state index contributed by atoms with van der Waals surface area (Å²) >= 11 is 1.95. The first-order valence-electron chi connectivity index (χ1n) is 5.39. The predicted molar refractivity (Wildman–Crippen MR) is 59.4 cm³/mol. The van der Waals surface area contributed by atoms with Gasteiger partial charge in [0.2, 0.25) is 5.89 Å². The monoisotopic (exact) mass is 242 g/mol. The van der Waals surface area contributed by atoms with Crippen LogP contribution >= 0.6 is 11.8 Å². The summed E-state index contributed by atoms with van der Waals surface area (Å²) in [5, 5.41) is 13.0. The molecule has 0 saturated carbocycles. The molecule has 0 aromatic carbocycles. The van der Waals surface area contributed by atoms with Crippen molar-refractivity contribution in [3.05, 3.63) is 11.7 Å². The Morgan fingerprint density at radius 3 is 3.19 bits per heavy atom. The number of aryl methyl sites for hydroxylation is 1. The third-order valence-electron chi connectivity index (χ3n) is 2.50. The highest BCUT2D eigenvalue weighted by Gasteiger charge is 2.19. The molecule has 1 unspecified atom stereocenters. The lowest BCUT2D eigenvalue weighted by Crippen LogP contribution is -2.03. The first-order valence-corrected chi connectivity index (χ1v) is 6.44. The molecule has 0 amide bonds. The lowest BCUT2D eigenvalue weighted by molar-refractivity contribution is -0.137. The van der Waals surface area contributed by atoms with Crippen LogP contribution in [0.25, 0.3) is 0 Å². The van der Waals surface area contributed by atoms with E-state index in [4.69, 9.17) is 9.63 Å². The largest absolute Gasteiger partial charge is 0.481 e. The van der Waals surface area contributed by atoms with Crippen molar-refractivity contribution in [2.75, 3.05) is 5.75 Å². The van der Waals surface area contributed by atoms with E-state index < -0.39 is 5.97 Å². The van der Waals surface area contributed by atoms with Gasteiger partial charge in [-0.2, -0.15) is 16.7 Å². The van der Waals surface area contributed by atoms with Crippen molar-refractivity contribution >= 4 is 17.7 Å². The second kappa shape index (κ2) is 5.34. The van der Waals surface area contributed by atoms with Gasteiger partial charge >= 0.3 is 5.97 Å². The van der Waals surface area contributed by atoms with Crippen LogP contribution in [-0.2, 0) is 17.6 Å². The van der Waals surface area contributed by atoms with Crippen molar-refractivity contribution in [1.82, 2.24) is 10.1 Å². The van der Waals surface area contributed by atoms with Crippen LogP contribution in [0.15, 0.2) is 4.52 Å². The van der Waals surface area contributed by atoms with E-state index in [9.17, 15) is 4.79 Å². The number of aromatic nitrogens is 2. The third kappa shape index (κ3) is 3.23. The molecular formula is C10H14N2O3S. The SMILES string of the molecule is O=C(O)CCc1nc(CC2CCCS2)no1. The van der Waals surface area contributed by atoms with Crippen LogP contribution < -0.4 is 0 Å². The molecule has 1 fully saturated rings. The van der Waals surface area contributed by atoms with Gasteiger partial charge < -0.3 is 9.63 Å². The molecule has 0 aliphatic carbocycles. The second-order valence-electron chi connectivity index (χ2n) is 3.84. The van der Waals surface area contributed by atoms with Crippen molar-refractivity contribution in [3.8, 4) is 0 Å². The average Bonchev–Trinajstić information content (AvgIpc) is 2.87. The summed E-state index contributed by atoms with van der Waals surface area (Å²) in [5.41, 5.74) is 0. The number of nitrogens with zero attached hydrogens (tertiary/aromatic N) is 2. The number of carboxylic acids is 1. The number of carbonyl (C=O) groups is 1. The van der Waals surface area contributed by atoms with Crippen LogP contribution in [0.4, 0.5) is 0 Å². The minimum atomic E-state index is -0.842. The van der Waals surface area contributed by atoms with Crippen LogP contribution in [0.5, 0.6) is 0 Å². The first-order chi connectivity index (χ1) is 7.74. The quantitative estimate of drug-likeness (QED) is 0.843. The van der Waals surface area contributed by atoms with Gasteiger partial charge in [-0.05, 0) is 18.6 Å². The molecule has 5 nitrogen and oxygen atoms in total.